The molecule has 0 aliphatic rings. The van der Waals surface area contributed by atoms with Crippen LogP contribution in [0.5, 0.6) is 5.75 Å². The first-order valence-electron chi connectivity index (χ1n) is 7.44. The zero-order chi connectivity index (χ0) is 18.2. The summed E-state index contributed by atoms with van der Waals surface area (Å²) in [6.45, 7) is 0.890. The molecule has 0 aromatic heterocycles. The highest BCUT2D eigenvalue weighted by Crippen LogP contribution is 2.08. The molecule has 7 heteroatoms. The van der Waals surface area contributed by atoms with E-state index in [9.17, 15) is 18.8 Å². The van der Waals surface area contributed by atoms with E-state index in [-0.39, 0.29) is 5.56 Å². The van der Waals surface area contributed by atoms with Crippen LogP contribution in [0.2, 0.25) is 0 Å². The Morgan fingerprint density at radius 1 is 1.04 bits per heavy atom. The SMILES string of the molecule is C[C@H](NC(=O)Oc1ccccc1)C(=O)OCC(=O)c1ccc(F)cc1. The van der Waals surface area contributed by atoms with Gasteiger partial charge in [-0.1, -0.05) is 18.2 Å². The molecule has 1 N–H and O–H groups in total. The lowest BCUT2D eigenvalue weighted by molar-refractivity contribution is -0.144. The van der Waals surface area contributed by atoms with E-state index in [1.165, 1.54) is 19.1 Å². The van der Waals surface area contributed by atoms with Gasteiger partial charge in [0.25, 0.3) is 0 Å². The standard InChI is InChI=1S/C18H16FNO5/c1-12(20-18(23)25-15-5-3-2-4-6-15)17(22)24-11-16(21)13-7-9-14(19)10-8-13/h2-10,12H,11H2,1H3,(H,20,23)/t12-/m0/s1. The average Bonchev–Trinajstić information content (AvgIpc) is 2.60. The van der Waals surface area contributed by atoms with E-state index in [0.29, 0.717) is 5.75 Å². The molecule has 6 nitrogen and oxygen atoms in total. The molecule has 0 aliphatic heterocycles. The molecule has 25 heavy (non-hydrogen) atoms. The predicted octanol–water partition coefficient (Wildman–Crippen LogP) is 2.73. The molecule has 0 fully saturated rings. The van der Waals surface area contributed by atoms with Crippen molar-refractivity contribution in [2.75, 3.05) is 6.61 Å². The number of carbonyl (C=O) groups is 3. The smallest absolute Gasteiger partial charge is 0.413 e. The van der Waals surface area contributed by atoms with Crippen LogP contribution in [0.3, 0.4) is 0 Å². The highest BCUT2D eigenvalue weighted by molar-refractivity contribution is 5.98. The summed E-state index contributed by atoms with van der Waals surface area (Å²) in [7, 11) is 0. The summed E-state index contributed by atoms with van der Waals surface area (Å²) in [6, 6.07) is 12.2. The molecule has 2 aromatic rings. The summed E-state index contributed by atoms with van der Waals surface area (Å²) < 4.78 is 22.6. The van der Waals surface area contributed by atoms with Gasteiger partial charge in [0.1, 0.15) is 17.6 Å². The number of nitrogens with one attached hydrogen (secondary N) is 1. The average molecular weight is 345 g/mol. The van der Waals surface area contributed by atoms with Crippen LogP contribution in [0.1, 0.15) is 17.3 Å². The Kier molecular flexibility index (Phi) is 6.22. The minimum absolute atomic E-state index is 0.221. The fourth-order valence-electron chi connectivity index (χ4n) is 1.84. The van der Waals surface area contributed by atoms with E-state index >= 15 is 0 Å². The summed E-state index contributed by atoms with van der Waals surface area (Å²) in [4.78, 5) is 35.3. The van der Waals surface area contributed by atoms with Crippen LogP contribution in [0.25, 0.3) is 0 Å². The molecule has 2 rings (SSSR count). The van der Waals surface area contributed by atoms with Crippen LogP contribution in [0.15, 0.2) is 54.6 Å². The second-order valence-corrected chi connectivity index (χ2v) is 5.11. The second-order valence-electron chi connectivity index (χ2n) is 5.11. The fraction of sp³-hybridized carbons (Fsp3) is 0.167. The maximum Gasteiger partial charge on any atom is 0.413 e. The Hall–Kier alpha value is -3.22. The number of esters is 1. The molecule has 0 aliphatic carbocycles. The number of carbonyl (C=O) groups excluding carboxylic acids is 3. The van der Waals surface area contributed by atoms with Gasteiger partial charge >= 0.3 is 12.1 Å². The van der Waals surface area contributed by atoms with Crippen molar-refractivity contribution in [1.82, 2.24) is 5.32 Å². The first-order chi connectivity index (χ1) is 12.0. The van der Waals surface area contributed by atoms with Gasteiger partial charge in [-0.15, -0.1) is 0 Å². The highest BCUT2D eigenvalue weighted by atomic mass is 19.1. The molecule has 1 atom stereocenters. The topological polar surface area (TPSA) is 81.7 Å². The molecule has 0 unspecified atom stereocenters. The Labute approximate surface area is 143 Å². The first kappa shape index (κ1) is 18.1. The largest absolute Gasteiger partial charge is 0.456 e. The van der Waals surface area contributed by atoms with Gasteiger partial charge in [-0.3, -0.25) is 4.79 Å². The molecular weight excluding hydrogens is 329 g/mol. The van der Waals surface area contributed by atoms with Crippen molar-refractivity contribution >= 4 is 17.8 Å². The second kappa shape index (κ2) is 8.58. The minimum atomic E-state index is -1.00. The van der Waals surface area contributed by atoms with Gasteiger partial charge in [-0.25, -0.2) is 14.0 Å². The zero-order valence-electron chi connectivity index (χ0n) is 13.4. The number of hydrogen-bond donors (Lipinski definition) is 1. The summed E-state index contributed by atoms with van der Waals surface area (Å²) in [5.41, 5.74) is 0.221. The third-order valence-corrected chi connectivity index (χ3v) is 3.15. The van der Waals surface area contributed by atoms with E-state index in [1.807, 2.05) is 0 Å². The van der Waals surface area contributed by atoms with Crippen molar-refractivity contribution < 1.29 is 28.2 Å². The van der Waals surface area contributed by atoms with Crippen molar-refractivity contribution in [2.24, 2.45) is 0 Å². The van der Waals surface area contributed by atoms with Crippen molar-refractivity contribution in [2.45, 2.75) is 13.0 Å². The molecule has 0 saturated heterocycles. The number of halogens is 1. The van der Waals surface area contributed by atoms with Gasteiger partial charge in [0, 0.05) is 5.56 Å². The van der Waals surface area contributed by atoms with E-state index < -0.39 is 36.3 Å². The number of amides is 1. The van der Waals surface area contributed by atoms with Gasteiger partial charge in [-0.2, -0.15) is 0 Å². The number of hydrogen-bond acceptors (Lipinski definition) is 5. The minimum Gasteiger partial charge on any atom is -0.456 e. The van der Waals surface area contributed by atoms with Crippen LogP contribution in [-0.2, 0) is 9.53 Å². The van der Waals surface area contributed by atoms with Crippen LogP contribution < -0.4 is 10.1 Å². The monoisotopic (exact) mass is 345 g/mol. The fourth-order valence-corrected chi connectivity index (χ4v) is 1.84. The van der Waals surface area contributed by atoms with Gasteiger partial charge in [0.2, 0.25) is 0 Å². The summed E-state index contributed by atoms with van der Waals surface area (Å²) >= 11 is 0. The lowest BCUT2D eigenvalue weighted by Gasteiger charge is -2.13. The number of benzene rings is 2. The quantitative estimate of drug-likeness (QED) is 0.643. The molecule has 0 radical (unpaired) electrons. The van der Waals surface area contributed by atoms with Crippen molar-refractivity contribution in [3.63, 3.8) is 0 Å². The predicted molar refractivity (Wildman–Crippen MR) is 86.8 cm³/mol. The van der Waals surface area contributed by atoms with Crippen molar-refractivity contribution in [3.05, 3.63) is 66.0 Å². The van der Waals surface area contributed by atoms with Crippen LogP contribution >= 0.6 is 0 Å². The number of Topliss-reactive ketones (excluding diaryl/α,β-unsaturated/α-hetero) is 1. The molecule has 1 amide bonds. The van der Waals surface area contributed by atoms with E-state index in [4.69, 9.17) is 9.47 Å². The highest BCUT2D eigenvalue weighted by Gasteiger charge is 2.19. The molecule has 0 saturated carbocycles. The van der Waals surface area contributed by atoms with Gasteiger partial charge in [0.05, 0.1) is 0 Å². The van der Waals surface area contributed by atoms with E-state index in [1.54, 1.807) is 30.3 Å². The molecule has 0 spiro atoms. The van der Waals surface area contributed by atoms with E-state index in [0.717, 1.165) is 12.1 Å². The molecule has 130 valence electrons. The van der Waals surface area contributed by atoms with Crippen LogP contribution in [0, 0.1) is 5.82 Å². The molecule has 0 heterocycles. The van der Waals surface area contributed by atoms with Crippen molar-refractivity contribution in [3.8, 4) is 5.75 Å². The van der Waals surface area contributed by atoms with Crippen molar-refractivity contribution in [1.29, 1.82) is 0 Å². The third kappa shape index (κ3) is 5.72. The Bertz CT molecular complexity index is 746. The Morgan fingerprint density at radius 3 is 2.32 bits per heavy atom. The molecule has 0 bridgehead atoms. The summed E-state index contributed by atoms with van der Waals surface area (Å²) in [5.74, 6) is -1.41. The van der Waals surface area contributed by atoms with Gasteiger partial charge in [0.15, 0.2) is 12.4 Å². The van der Waals surface area contributed by atoms with Gasteiger partial charge < -0.3 is 14.8 Å². The number of para-hydroxylation sites is 1. The Balaban J connectivity index is 1.78. The van der Waals surface area contributed by atoms with Gasteiger partial charge in [-0.05, 0) is 43.3 Å². The first-order valence-corrected chi connectivity index (χ1v) is 7.44. The van der Waals surface area contributed by atoms with Crippen LogP contribution in [-0.4, -0.2) is 30.5 Å². The third-order valence-electron chi connectivity index (χ3n) is 3.15. The normalized spacial score (nSPS) is 11.3. The molecule has 2 aromatic carbocycles. The molecular formula is C18H16FNO5. The number of ketones is 1. The zero-order valence-corrected chi connectivity index (χ0v) is 13.4. The Morgan fingerprint density at radius 2 is 1.68 bits per heavy atom. The number of ether oxygens (including phenoxy) is 2. The van der Waals surface area contributed by atoms with E-state index in [2.05, 4.69) is 5.32 Å². The lowest BCUT2D eigenvalue weighted by Crippen LogP contribution is -2.41. The number of rotatable bonds is 6. The van der Waals surface area contributed by atoms with Crippen LogP contribution in [0.4, 0.5) is 9.18 Å². The summed E-state index contributed by atoms with van der Waals surface area (Å²) in [5, 5.41) is 2.30. The maximum absolute atomic E-state index is 12.8. The lowest BCUT2D eigenvalue weighted by atomic mass is 10.1. The summed E-state index contributed by atoms with van der Waals surface area (Å²) in [6.07, 6.45) is -0.819. The maximum atomic E-state index is 12.8.